The molecule has 4 aromatic carbocycles. The molecule has 0 fully saturated rings. The predicted molar refractivity (Wildman–Crippen MR) is 163 cm³/mol. The number of phosphoric ester groups is 2. The van der Waals surface area contributed by atoms with Crippen LogP contribution in [0.4, 0.5) is 0 Å². The lowest BCUT2D eigenvalue weighted by Crippen LogP contribution is -2.30. The van der Waals surface area contributed by atoms with Gasteiger partial charge in [-0.1, -0.05) is 121 Å². The third kappa shape index (κ3) is 11.2. The molecule has 0 aromatic heterocycles. The summed E-state index contributed by atoms with van der Waals surface area (Å²) in [6, 6.07) is 35.9. The molecule has 0 aliphatic carbocycles. The Morgan fingerprint density at radius 1 is 0.523 bits per heavy atom. The largest absolute Gasteiger partial charge is 0.476 e. The topological polar surface area (TPSA) is 116 Å². The first-order valence-corrected chi connectivity index (χ1v) is 16.6. The molecule has 0 aliphatic rings. The number of ether oxygens (including phenoxy) is 1. The zero-order valence-electron chi connectivity index (χ0n) is 24.1. The lowest BCUT2D eigenvalue weighted by atomic mass is 10.2. The molecule has 0 spiro atoms. The molecule has 44 heavy (non-hydrogen) atoms. The van der Waals surface area contributed by atoms with Crippen molar-refractivity contribution in [2.24, 2.45) is 0 Å². The Balaban J connectivity index is 1.50. The highest BCUT2D eigenvalue weighted by Gasteiger charge is 2.38. The molecule has 0 amide bonds. The Bertz CT molecular complexity index is 1410. The minimum absolute atomic E-state index is 0.102. The lowest BCUT2D eigenvalue weighted by molar-refractivity contribution is -0.152. The molecule has 0 radical (unpaired) electrons. The van der Waals surface area contributed by atoms with E-state index in [0.29, 0.717) is 22.3 Å². The fraction of sp³-hybridized carbons (Fsp3) is 0.219. The van der Waals surface area contributed by atoms with Gasteiger partial charge < -0.3 is 4.74 Å². The van der Waals surface area contributed by atoms with E-state index in [4.69, 9.17) is 31.9 Å². The monoisotopic (exact) mass is 640 g/mol. The number of phosphoric acid groups is 2. The van der Waals surface area contributed by atoms with Crippen LogP contribution in [0.15, 0.2) is 121 Å². The van der Waals surface area contributed by atoms with Crippen LogP contribution in [-0.4, -0.2) is 25.8 Å². The average Bonchev–Trinajstić information content (AvgIpc) is 3.08. The van der Waals surface area contributed by atoms with Crippen molar-refractivity contribution in [1.29, 1.82) is 0 Å². The summed E-state index contributed by atoms with van der Waals surface area (Å²) in [6.07, 6.45) is -1.67. The molecular formula is C32H34O10P2. The Morgan fingerprint density at radius 3 is 1.16 bits per heavy atom. The molecule has 12 heteroatoms. The second-order valence-electron chi connectivity index (χ2n) is 9.34. The molecular weight excluding hydrogens is 606 g/mol. The number of carbonyl (C=O) groups is 1. The predicted octanol–water partition coefficient (Wildman–Crippen LogP) is 7.64. The summed E-state index contributed by atoms with van der Waals surface area (Å²) in [6.45, 7) is -1.19. The summed E-state index contributed by atoms with van der Waals surface area (Å²) < 4.78 is 66.2. The Labute approximate surface area is 257 Å². The Hall–Kier alpha value is -3.43. The zero-order chi connectivity index (χ0) is 31.1. The van der Waals surface area contributed by atoms with Crippen molar-refractivity contribution in [3.8, 4) is 0 Å². The molecule has 1 atom stereocenters. The van der Waals surface area contributed by atoms with Crippen LogP contribution >= 0.6 is 15.6 Å². The minimum atomic E-state index is -4.43. The van der Waals surface area contributed by atoms with Crippen LogP contribution < -0.4 is 0 Å². The van der Waals surface area contributed by atoms with E-state index in [1.54, 1.807) is 97.1 Å². The standard InChI is InChI=1S/C32H34O10P2/c1-36-32(33)31(42-44(35,39-24-29-18-10-4-11-19-29)40-25-30-20-12-5-13-21-30)26-41-43(34,37-22-27-14-6-2-7-15-27)38-23-28-16-8-3-9-17-28/h2-21,31H,22-26H2,1H3. The van der Waals surface area contributed by atoms with Crippen molar-refractivity contribution in [1.82, 2.24) is 0 Å². The van der Waals surface area contributed by atoms with Gasteiger partial charge in [0, 0.05) is 0 Å². The average molecular weight is 641 g/mol. The number of esters is 1. The summed E-state index contributed by atoms with van der Waals surface area (Å²) in [4.78, 5) is 12.8. The van der Waals surface area contributed by atoms with Crippen molar-refractivity contribution >= 4 is 21.6 Å². The van der Waals surface area contributed by atoms with E-state index in [9.17, 15) is 13.9 Å². The van der Waals surface area contributed by atoms with Gasteiger partial charge >= 0.3 is 21.6 Å². The van der Waals surface area contributed by atoms with Gasteiger partial charge in [-0.3, -0.25) is 27.1 Å². The van der Waals surface area contributed by atoms with Gasteiger partial charge in [-0.05, 0) is 22.3 Å². The Morgan fingerprint density at radius 2 is 0.841 bits per heavy atom. The van der Waals surface area contributed by atoms with E-state index in [1.165, 1.54) is 0 Å². The fourth-order valence-corrected chi connectivity index (χ4v) is 6.13. The smallest absolute Gasteiger partial charge is 0.467 e. The van der Waals surface area contributed by atoms with Gasteiger partial charge in [0.2, 0.25) is 0 Å². The molecule has 0 saturated heterocycles. The molecule has 232 valence electrons. The van der Waals surface area contributed by atoms with Crippen molar-refractivity contribution < 1.29 is 45.8 Å². The van der Waals surface area contributed by atoms with Crippen LogP contribution in [-0.2, 0) is 72.2 Å². The maximum atomic E-state index is 13.9. The number of benzene rings is 4. The quantitative estimate of drug-likeness (QED) is 0.0793. The maximum absolute atomic E-state index is 13.9. The van der Waals surface area contributed by atoms with E-state index < -0.39 is 34.3 Å². The van der Waals surface area contributed by atoms with Gasteiger partial charge in [0.25, 0.3) is 0 Å². The number of rotatable bonds is 18. The van der Waals surface area contributed by atoms with Gasteiger partial charge in [-0.2, -0.15) is 0 Å². The molecule has 0 aliphatic heterocycles. The van der Waals surface area contributed by atoms with E-state index in [2.05, 4.69) is 0 Å². The first-order chi connectivity index (χ1) is 21.4. The van der Waals surface area contributed by atoms with Crippen molar-refractivity contribution in [3.63, 3.8) is 0 Å². The van der Waals surface area contributed by atoms with E-state index >= 15 is 0 Å². The fourth-order valence-electron chi connectivity index (χ4n) is 3.71. The normalized spacial score (nSPS) is 12.5. The van der Waals surface area contributed by atoms with E-state index in [-0.39, 0.29) is 26.4 Å². The first-order valence-electron chi connectivity index (χ1n) is 13.7. The molecule has 0 N–H and O–H groups in total. The summed E-state index contributed by atoms with van der Waals surface area (Å²) in [5.74, 6) is -0.963. The molecule has 0 saturated carbocycles. The molecule has 0 heterocycles. The summed E-state index contributed by atoms with van der Waals surface area (Å²) in [7, 11) is -7.62. The van der Waals surface area contributed by atoms with Crippen molar-refractivity contribution in [3.05, 3.63) is 144 Å². The van der Waals surface area contributed by atoms with Gasteiger partial charge in [0.15, 0.2) is 6.10 Å². The van der Waals surface area contributed by atoms with Crippen LogP contribution in [0.5, 0.6) is 0 Å². The molecule has 4 aromatic rings. The zero-order valence-corrected chi connectivity index (χ0v) is 25.9. The maximum Gasteiger partial charge on any atom is 0.476 e. The SMILES string of the molecule is COC(=O)C(COP(=O)(OCc1ccccc1)OCc1ccccc1)OP(=O)(OCc1ccccc1)OCc1ccccc1. The second-order valence-corrected chi connectivity index (χ2v) is 12.6. The summed E-state index contributed by atoms with van der Waals surface area (Å²) in [5.41, 5.74) is 2.82. The second kappa shape index (κ2) is 17.2. The highest BCUT2D eigenvalue weighted by molar-refractivity contribution is 7.48. The van der Waals surface area contributed by atoms with Crippen LogP contribution in [0.25, 0.3) is 0 Å². The minimum Gasteiger partial charge on any atom is -0.467 e. The van der Waals surface area contributed by atoms with Crippen LogP contribution in [0.3, 0.4) is 0 Å². The van der Waals surface area contributed by atoms with Crippen molar-refractivity contribution in [2.75, 3.05) is 13.7 Å². The number of hydrogen-bond donors (Lipinski definition) is 0. The number of carbonyl (C=O) groups excluding carboxylic acids is 1. The van der Waals surface area contributed by atoms with Crippen LogP contribution in [0, 0.1) is 0 Å². The summed E-state index contributed by atoms with van der Waals surface area (Å²) >= 11 is 0. The van der Waals surface area contributed by atoms with Gasteiger partial charge in [-0.25, -0.2) is 13.9 Å². The highest BCUT2D eigenvalue weighted by Crippen LogP contribution is 2.54. The first kappa shape index (κ1) is 33.5. The highest BCUT2D eigenvalue weighted by atomic mass is 31.2. The van der Waals surface area contributed by atoms with Crippen molar-refractivity contribution in [2.45, 2.75) is 32.5 Å². The molecule has 4 rings (SSSR count). The Kier molecular flexibility index (Phi) is 13.1. The molecule has 10 nitrogen and oxygen atoms in total. The van der Waals surface area contributed by atoms with Gasteiger partial charge in [-0.15, -0.1) is 0 Å². The molecule has 0 bridgehead atoms. The van der Waals surface area contributed by atoms with Gasteiger partial charge in [0.05, 0.1) is 40.1 Å². The van der Waals surface area contributed by atoms with Crippen LogP contribution in [0.2, 0.25) is 0 Å². The third-order valence-electron chi connectivity index (χ3n) is 6.03. The van der Waals surface area contributed by atoms with Crippen LogP contribution in [0.1, 0.15) is 22.3 Å². The van der Waals surface area contributed by atoms with Gasteiger partial charge in [0.1, 0.15) is 0 Å². The molecule has 1 unspecified atom stereocenters. The summed E-state index contributed by atoms with van der Waals surface area (Å²) in [5, 5.41) is 0. The van der Waals surface area contributed by atoms with E-state index in [0.717, 1.165) is 7.11 Å². The third-order valence-corrected chi connectivity index (χ3v) is 8.79. The lowest BCUT2D eigenvalue weighted by Gasteiger charge is -2.24. The number of methoxy groups -OCH3 is 1. The number of hydrogen-bond acceptors (Lipinski definition) is 10. The van der Waals surface area contributed by atoms with E-state index in [1.807, 2.05) is 24.3 Å².